The van der Waals surface area contributed by atoms with Gasteiger partial charge in [-0.2, -0.15) is 5.10 Å². The zero-order valence-corrected chi connectivity index (χ0v) is 21.1. The van der Waals surface area contributed by atoms with E-state index < -0.39 is 11.9 Å². The molecule has 0 fully saturated rings. The molecule has 4 rings (SSSR count). The van der Waals surface area contributed by atoms with Crippen molar-refractivity contribution in [3.05, 3.63) is 104 Å². The summed E-state index contributed by atoms with van der Waals surface area (Å²) in [6.07, 6.45) is 1.42. The monoisotopic (exact) mass is 580 g/mol. The van der Waals surface area contributed by atoms with E-state index in [4.69, 9.17) is 9.47 Å². The van der Waals surface area contributed by atoms with Crippen LogP contribution in [0.15, 0.2) is 92.9 Å². The fraction of sp³-hybridized carbons (Fsp3) is 0.0385. The quantitative estimate of drug-likeness (QED) is 0.124. The van der Waals surface area contributed by atoms with Gasteiger partial charge in [-0.05, 0) is 53.2 Å². The third kappa shape index (κ3) is 5.35. The molecule has 0 heterocycles. The van der Waals surface area contributed by atoms with Crippen LogP contribution in [-0.2, 0) is 0 Å². The number of amides is 1. The Morgan fingerprint density at radius 1 is 0.853 bits per heavy atom. The maximum Gasteiger partial charge on any atom is 0.344 e. The Labute approximate surface area is 212 Å². The summed E-state index contributed by atoms with van der Waals surface area (Å²) >= 11 is 6.76. The van der Waals surface area contributed by atoms with Gasteiger partial charge in [-0.25, -0.2) is 10.2 Å². The van der Waals surface area contributed by atoms with Crippen molar-refractivity contribution >= 4 is 60.7 Å². The van der Waals surface area contributed by atoms with Crippen molar-refractivity contribution in [1.29, 1.82) is 0 Å². The third-order valence-corrected chi connectivity index (χ3v) is 5.95. The number of ether oxygens (including phenoxy) is 2. The molecule has 0 saturated carbocycles. The van der Waals surface area contributed by atoms with E-state index in [1.807, 2.05) is 36.4 Å². The normalized spacial score (nSPS) is 10.9. The number of halogens is 2. The predicted molar refractivity (Wildman–Crippen MR) is 139 cm³/mol. The van der Waals surface area contributed by atoms with Gasteiger partial charge < -0.3 is 9.47 Å². The van der Waals surface area contributed by atoms with E-state index in [0.29, 0.717) is 28.2 Å². The Morgan fingerprint density at radius 2 is 1.56 bits per heavy atom. The molecule has 1 N–H and O–H groups in total. The molecule has 0 unspecified atom stereocenters. The molecule has 0 aromatic heterocycles. The molecule has 0 aliphatic heterocycles. The van der Waals surface area contributed by atoms with Crippen molar-refractivity contribution in [1.82, 2.24) is 5.43 Å². The summed E-state index contributed by atoms with van der Waals surface area (Å²) in [5.41, 5.74) is 3.77. The summed E-state index contributed by atoms with van der Waals surface area (Å²) in [6.45, 7) is 0. The van der Waals surface area contributed by atoms with Gasteiger partial charge in [0.25, 0.3) is 5.91 Å². The van der Waals surface area contributed by atoms with Crippen molar-refractivity contribution in [3.63, 3.8) is 0 Å². The molecule has 0 aliphatic rings. The number of nitrogens with zero attached hydrogens (tertiary/aromatic N) is 1. The van der Waals surface area contributed by atoms with Gasteiger partial charge in [0.15, 0.2) is 0 Å². The molecule has 8 heteroatoms. The Balaban J connectivity index is 1.56. The molecule has 6 nitrogen and oxygen atoms in total. The van der Waals surface area contributed by atoms with Gasteiger partial charge in [0.1, 0.15) is 11.5 Å². The molecule has 4 aromatic carbocycles. The molecular formula is C26H18Br2N2O4. The molecule has 170 valence electrons. The van der Waals surface area contributed by atoms with Crippen LogP contribution >= 0.6 is 31.9 Å². The number of nitrogens with one attached hydrogen (secondary N) is 1. The first-order chi connectivity index (χ1) is 16.5. The number of hydrogen-bond donors (Lipinski definition) is 1. The lowest BCUT2D eigenvalue weighted by atomic mass is 10.0. The van der Waals surface area contributed by atoms with E-state index in [9.17, 15) is 9.59 Å². The maximum atomic E-state index is 13.0. The van der Waals surface area contributed by atoms with Crippen LogP contribution in [-0.4, -0.2) is 25.2 Å². The van der Waals surface area contributed by atoms with E-state index in [2.05, 4.69) is 42.4 Å². The van der Waals surface area contributed by atoms with Gasteiger partial charge in [0, 0.05) is 14.5 Å². The Kier molecular flexibility index (Phi) is 7.40. The minimum atomic E-state index is -0.489. The van der Waals surface area contributed by atoms with Gasteiger partial charge in [-0.3, -0.25) is 4.79 Å². The standard InChI is InChI=1S/C26H18Br2N2O4/c1-33-24-12-10-19(28)14-22(24)25(31)30-29-15-17-13-18(27)9-11-23(17)34-26(32)21-8-4-6-16-5-2-3-7-20(16)21/h2-15H,1H3,(H,30,31)/b29-15-. The van der Waals surface area contributed by atoms with Crippen molar-refractivity contribution in [2.24, 2.45) is 5.10 Å². The number of fused-ring (bicyclic) bond motifs is 1. The van der Waals surface area contributed by atoms with Crippen LogP contribution in [0.4, 0.5) is 0 Å². The Hall–Kier alpha value is -3.49. The SMILES string of the molecule is COc1ccc(Br)cc1C(=O)N/N=C\c1cc(Br)ccc1OC(=O)c1cccc2ccccc12. The number of esters is 1. The Bertz CT molecular complexity index is 1410. The highest BCUT2D eigenvalue weighted by Gasteiger charge is 2.15. The Morgan fingerprint density at radius 3 is 2.35 bits per heavy atom. The van der Waals surface area contributed by atoms with Crippen molar-refractivity contribution in [2.45, 2.75) is 0 Å². The number of carbonyl (C=O) groups excluding carboxylic acids is 2. The lowest BCUT2D eigenvalue weighted by Crippen LogP contribution is -2.18. The van der Waals surface area contributed by atoms with Gasteiger partial charge in [-0.1, -0.05) is 68.3 Å². The highest BCUT2D eigenvalue weighted by molar-refractivity contribution is 9.10. The van der Waals surface area contributed by atoms with E-state index in [-0.39, 0.29) is 0 Å². The van der Waals surface area contributed by atoms with Gasteiger partial charge in [-0.15, -0.1) is 0 Å². The lowest BCUT2D eigenvalue weighted by molar-refractivity contribution is 0.0736. The predicted octanol–water partition coefficient (Wildman–Crippen LogP) is 6.36. The van der Waals surface area contributed by atoms with Crippen LogP contribution in [0.1, 0.15) is 26.3 Å². The average Bonchev–Trinajstić information content (AvgIpc) is 2.85. The second-order valence-electron chi connectivity index (χ2n) is 7.14. The summed E-state index contributed by atoms with van der Waals surface area (Å²) in [4.78, 5) is 25.6. The zero-order valence-electron chi connectivity index (χ0n) is 17.9. The number of rotatable bonds is 6. The minimum Gasteiger partial charge on any atom is -0.496 e. The van der Waals surface area contributed by atoms with E-state index in [0.717, 1.165) is 19.7 Å². The number of carbonyl (C=O) groups is 2. The zero-order chi connectivity index (χ0) is 24.1. The van der Waals surface area contributed by atoms with Crippen molar-refractivity contribution in [3.8, 4) is 11.5 Å². The second kappa shape index (κ2) is 10.6. The topological polar surface area (TPSA) is 77.0 Å². The second-order valence-corrected chi connectivity index (χ2v) is 8.97. The maximum absolute atomic E-state index is 13.0. The van der Waals surface area contributed by atoms with Crippen LogP contribution in [0, 0.1) is 0 Å². The largest absolute Gasteiger partial charge is 0.496 e. The molecule has 0 aliphatic carbocycles. The average molecular weight is 582 g/mol. The summed E-state index contributed by atoms with van der Waals surface area (Å²) in [6, 6.07) is 23.3. The molecular weight excluding hydrogens is 564 g/mol. The summed E-state index contributed by atoms with van der Waals surface area (Å²) in [7, 11) is 1.49. The fourth-order valence-corrected chi connectivity index (χ4v) is 4.09. The molecule has 0 saturated heterocycles. The number of benzene rings is 4. The van der Waals surface area contributed by atoms with Crippen LogP contribution in [0.5, 0.6) is 11.5 Å². The first-order valence-electron chi connectivity index (χ1n) is 10.1. The van der Waals surface area contributed by atoms with E-state index in [1.54, 1.807) is 42.5 Å². The van der Waals surface area contributed by atoms with Crippen LogP contribution in [0.3, 0.4) is 0 Å². The molecule has 0 spiro atoms. The number of hydrogen-bond acceptors (Lipinski definition) is 5. The molecule has 0 atom stereocenters. The van der Waals surface area contributed by atoms with Gasteiger partial charge >= 0.3 is 5.97 Å². The first kappa shape index (κ1) is 23.7. The summed E-state index contributed by atoms with van der Waals surface area (Å²) in [5, 5.41) is 5.80. The summed E-state index contributed by atoms with van der Waals surface area (Å²) in [5.74, 6) is -0.211. The van der Waals surface area contributed by atoms with Gasteiger partial charge in [0.2, 0.25) is 0 Å². The summed E-state index contributed by atoms with van der Waals surface area (Å²) < 4.78 is 12.4. The molecule has 1 amide bonds. The van der Waals surface area contributed by atoms with Crippen molar-refractivity contribution < 1.29 is 19.1 Å². The first-order valence-corrected chi connectivity index (χ1v) is 11.7. The lowest BCUT2D eigenvalue weighted by Gasteiger charge is -2.10. The highest BCUT2D eigenvalue weighted by atomic mass is 79.9. The highest BCUT2D eigenvalue weighted by Crippen LogP contribution is 2.26. The smallest absolute Gasteiger partial charge is 0.344 e. The van der Waals surface area contributed by atoms with Crippen molar-refractivity contribution in [2.75, 3.05) is 7.11 Å². The van der Waals surface area contributed by atoms with Crippen LogP contribution in [0.25, 0.3) is 10.8 Å². The third-order valence-electron chi connectivity index (χ3n) is 4.96. The molecule has 4 aromatic rings. The number of methoxy groups -OCH3 is 1. The molecule has 0 bridgehead atoms. The molecule has 34 heavy (non-hydrogen) atoms. The van der Waals surface area contributed by atoms with Gasteiger partial charge in [0.05, 0.1) is 24.5 Å². The van der Waals surface area contributed by atoms with E-state index in [1.165, 1.54) is 13.3 Å². The fourth-order valence-electron chi connectivity index (χ4n) is 3.35. The van der Waals surface area contributed by atoms with Crippen LogP contribution < -0.4 is 14.9 Å². The molecule has 0 radical (unpaired) electrons. The van der Waals surface area contributed by atoms with Crippen LogP contribution in [0.2, 0.25) is 0 Å². The minimum absolute atomic E-state index is 0.305. The number of hydrazone groups is 1. The van der Waals surface area contributed by atoms with E-state index >= 15 is 0 Å².